The second-order valence-corrected chi connectivity index (χ2v) is 11.0. The maximum absolute atomic E-state index is 13.7. The minimum atomic E-state index is -3.84. The lowest BCUT2D eigenvalue weighted by Gasteiger charge is -2.25. The third kappa shape index (κ3) is 5.38. The smallest absolute Gasteiger partial charge is 0.255 e. The van der Waals surface area contributed by atoms with Crippen LogP contribution in [0.4, 0.5) is 18.9 Å². The number of halogens is 4. The molecule has 1 fully saturated rings. The molecule has 0 aromatic heterocycles. The summed E-state index contributed by atoms with van der Waals surface area (Å²) >= 11 is 6.27. The average molecular weight is 502 g/mol. The van der Waals surface area contributed by atoms with Crippen molar-refractivity contribution in [3.63, 3.8) is 0 Å². The molecule has 0 aliphatic heterocycles. The van der Waals surface area contributed by atoms with Crippen LogP contribution in [0.2, 0.25) is 5.02 Å². The molecule has 0 bridgehead atoms. The highest BCUT2D eigenvalue weighted by atomic mass is 35.5. The summed E-state index contributed by atoms with van der Waals surface area (Å²) in [6.45, 7) is 4.04. The zero-order chi connectivity index (χ0) is 24.3. The molecule has 1 saturated carbocycles. The molecule has 1 N–H and O–H groups in total. The molecular weight excluding hydrogens is 475 g/mol. The summed E-state index contributed by atoms with van der Waals surface area (Å²) in [4.78, 5) is 12.5. The van der Waals surface area contributed by atoms with Crippen LogP contribution in [0.5, 0.6) is 0 Å². The number of sulfone groups is 1. The first kappa shape index (κ1) is 25.6. The summed E-state index contributed by atoms with van der Waals surface area (Å²) in [5.41, 5.74) is -0.337. The molecule has 0 radical (unpaired) electrons. The van der Waals surface area contributed by atoms with Gasteiger partial charge in [-0.3, -0.25) is 4.79 Å². The normalized spacial score (nSPS) is 20.7. The van der Waals surface area contributed by atoms with E-state index in [0.717, 1.165) is 38.5 Å². The summed E-state index contributed by atoms with van der Waals surface area (Å²) in [5.74, 6) is -5.31. The zero-order valence-corrected chi connectivity index (χ0v) is 20.1. The monoisotopic (exact) mass is 501 g/mol. The molecule has 2 aromatic rings. The number of carbonyl (C=O) groups is 1. The van der Waals surface area contributed by atoms with Gasteiger partial charge in [0.1, 0.15) is 0 Å². The van der Waals surface area contributed by atoms with Crippen molar-refractivity contribution in [3.8, 4) is 0 Å². The molecule has 9 heteroatoms. The first-order chi connectivity index (χ1) is 15.6. The Hall–Kier alpha value is -2.06. The molecule has 1 aliphatic rings. The van der Waals surface area contributed by atoms with Gasteiger partial charge >= 0.3 is 0 Å². The minimum Gasteiger partial charge on any atom is -0.322 e. The van der Waals surface area contributed by atoms with E-state index < -0.39 is 38.4 Å². The van der Waals surface area contributed by atoms with E-state index >= 15 is 0 Å². The molecule has 2 unspecified atom stereocenters. The van der Waals surface area contributed by atoms with Gasteiger partial charge in [-0.25, -0.2) is 21.6 Å². The average Bonchev–Trinajstić information content (AvgIpc) is 3.20. The number of carbonyl (C=O) groups excluding carboxylic acids is 1. The van der Waals surface area contributed by atoms with Gasteiger partial charge in [-0.1, -0.05) is 44.7 Å². The SMILES string of the molecule is CCCC[C@@H]1CCC(CC)C1S(=O)(=O)c1cc(C(=O)Nc2cc(F)c(F)c(F)c2)ccc1Cl. The van der Waals surface area contributed by atoms with Crippen molar-refractivity contribution in [2.75, 3.05) is 5.32 Å². The number of hydrogen-bond donors (Lipinski definition) is 1. The number of anilines is 1. The van der Waals surface area contributed by atoms with Crippen molar-refractivity contribution < 1.29 is 26.4 Å². The van der Waals surface area contributed by atoms with Crippen molar-refractivity contribution in [1.29, 1.82) is 0 Å². The molecule has 1 amide bonds. The van der Waals surface area contributed by atoms with Gasteiger partial charge in [-0.05, 0) is 49.3 Å². The van der Waals surface area contributed by atoms with Crippen molar-refractivity contribution in [3.05, 3.63) is 58.4 Å². The molecule has 4 nitrogen and oxygen atoms in total. The van der Waals surface area contributed by atoms with E-state index in [2.05, 4.69) is 12.2 Å². The molecule has 3 atom stereocenters. The third-order valence-electron chi connectivity index (χ3n) is 6.39. The summed E-state index contributed by atoms with van der Waals surface area (Å²) in [5, 5.41) is 1.70. The van der Waals surface area contributed by atoms with E-state index in [0.29, 0.717) is 12.1 Å². The maximum Gasteiger partial charge on any atom is 0.255 e. The number of amides is 1. The molecule has 180 valence electrons. The van der Waals surface area contributed by atoms with Crippen molar-refractivity contribution in [1.82, 2.24) is 0 Å². The van der Waals surface area contributed by atoms with Gasteiger partial charge in [0.2, 0.25) is 0 Å². The number of unbranched alkanes of at least 4 members (excludes halogenated alkanes) is 1. The third-order valence-corrected chi connectivity index (χ3v) is 9.27. The lowest BCUT2D eigenvalue weighted by Crippen LogP contribution is -2.31. The van der Waals surface area contributed by atoms with E-state index in [1.54, 1.807) is 0 Å². The maximum atomic E-state index is 13.7. The quantitative estimate of drug-likeness (QED) is 0.405. The zero-order valence-electron chi connectivity index (χ0n) is 18.5. The highest BCUT2D eigenvalue weighted by molar-refractivity contribution is 7.92. The van der Waals surface area contributed by atoms with Crippen LogP contribution in [0.15, 0.2) is 35.2 Å². The molecule has 33 heavy (non-hydrogen) atoms. The van der Waals surface area contributed by atoms with Gasteiger partial charge in [-0.15, -0.1) is 0 Å². The predicted molar refractivity (Wildman–Crippen MR) is 123 cm³/mol. The van der Waals surface area contributed by atoms with Crippen LogP contribution >= 0.6 is 11.6 Å². The fraction of sp³-hybridized carbons (Fsp3) is 0.458. The summed E-state index contributed by atoms with van der Waals surface area (Å²) in [6, 6.07) is 5.14. The molecule has 3 rings (SSSR count). The van der Waals surface area contributed by atoms with Gasteiger partial charge < -0.3 is 5.32 Å². The highest BCUT2D eigenvalue weighted by Crippen LogP contribution is 2.44. The Morgan fingerprint density at radius 2 is 1.70 bits per heavy atom. The standard InChI is InChI=1S/C24H27ClF3NO3S/c1-3-5-6-15-8-7-14(4-2)23(15)33(31,32)21-11-16(9-10-18(21)25)24(30)29-17-12-19(26)22(28)20(27)13-17/h9-15,23H,3-8H2,1-2H3,(H,29,30)/t14?,15-,23?/m1/s1. The van der Waals surface area contributed by atoms with Crippen molar-refractivity contribution >= 4 is 33.0 Å². The van der Waals surface area contributed by atoms with Crippen LogP contribution < -0.4 is 5.32 Å². The van der Waals surface area contributed by atoms with Crippen molar-refractivity contribution in [2.24, 2.45) is 11.8 Å². The number of rotatable bonds is 8. The van der Waals surface area contributed by atoms with Gasteiger partial charge in [0.15, 0.2) is 27.3 Å². The first-order valence-corrected chi connectivity index (χ1v) is 13.0. The Bertz CT molecular complexity index is 1120. The van der Waals surface area contributed by atoms with E-state index in [-0.39, 0.29) is 33.0 Å². The number of benzene rings is 2. The largest absolute Gasteiger partial charge is 0.322 e. The second-order valence-electron chi connectivity index (χ2n) is 8.51. The van der Waals surface area contributed by atoms with E-state index in [1.807, 2.05) is 6.92 Å². The fourth-order valence-corrected chi connectivity index (χ4v) is 7.68. The van der Waals surface area contributed by atoms with E-state index in [1.165, 1.54) is 18.2 Å². The topological polar surface area (TPSA) is 63.2 Å². The van der Waals surface area contributed by atoms with Gasteiger partial charge in [0.05, 0.1) is 15.2 Å². The van der Waals surface area contributed by atoms with Crippen LogP contribution in [-0.4, -0.2) is 19.6 Å². The van der Waals surface area contributed by atoms with Crippen LogP contribution in [-0.2, 0) is 9.84 Å². The number of hydrogen-bond acceptors (Lipinski definition) is 3. The Kier molecular flexibility index (Phi) is 8.11. The van der Waals surface area contributed by atoms with Gasteiger partial charge in [-0.2, -0.15) is 0 Å². The minimum absolute atomic E-state index is 0.00979. The highest BCUT2D eigenvalue weighted by Gasteiger charge is 2.44. The Labute approximate surface area is 197 Å². The van der Waals surface area contributed by atoms with Crippen molar-refractivity contribution in [2.45, 2.75) is 62.5 Å². The Balaban J connectivity index is 1.93. The second kappa shape index (κ2) is 10.5. The first-order valence-electron chi connectivity index (χ1n) is 11.1. The van der Waals surface area contributed by atoms with Crippen LogP contribution in [0.1, 0.15) is 62.7 Å². The molecule has 0 heterocycles. The van der Waals surface area contributed by atoms with Gasteiger partial charge in [0.25, 0.3) is 5.91 Å². The van der Waals surface area contributed by atoms with E-state index in [4.69, 9.17) is 11.6 Å². The summed E-state index contributed by atoms with van der Waals surface area (Å²) in [6.07, 6.45) is 5.12. The van der Waals surface area contributed by atoms with E-state index in [9.17, 15) is 26.4 Å². The van der Waals surface area contributed by atoms with Crippen LogP contribution in [0.3, 0.4) is 0 Å². The molecule has 1 aliphatic carbocycles. The van der Waals surface area contributed by atoms with Crippen LogP contribution in [0, 0.1) is 29.3 Å². The molecular formula is C24H27ClF3NO3S. The lowest BCUT2D eigenvalue weighted by atomic mass is 9.97. The Morgan fingerprint density at radius 1 is 1.06 bits per heavy atom. The molecule has 2 aromatic carbocycles. The van der Waals surface area contributed by atoms with Crippen LogP contribution in [0.25, 0.3) is 0 Å². The summed E-state index contributed by atoms with van der Waals surface area (Å²) < 4.78 is 67.5. The summed E-state index contributed by atoms with van der Waals surface area (Å²) in [7, 11) is -3.84. The molecule has 0 saturated heterocycles. The fourth-order valence-electron chi connectivity index (χ4n) is 4.70. The Morgan fingerprint density at radius 3 is 2.30 bits per heavy atom. The number of nitrogens with one attached hydrogen (secondary N) is 1. The van der Waals surface area contributed by atoms with Gasteiger partial charge in [0, 0.05) is 23.4 Å². The lowest BCUT2D eigenvalue weighted by molar-refractivity contribution is 0.102. The predicted octanol–water partition coefficient (Wildman–Crippen LogP) is 6.78. The molecule has 0 spiro atoms.